The molecule has 0 radical (unpaired) electrons. The monoisotopic (exact) mass is 266 g/mol. The maximum Gasteiger partial charge on any atom is 0.119 e. The summed E-state index contributed by atoms with van der Waals surface area (Å²) in [6.07, 6.45) is 3.56. The van der Waals surface area contributed by atoms with Crippen LogP contribution in [0.25, 0.3) is 0 Å². The van der Waals surface area contributed by atoms with Gasteiger partial charge in [-0.15, -0.1) is 0 Å². The number of thiol groups is 1. The molecule has 0 aliphatic carbocycles. The first-order valence-electron chi connectivity index (χ1n) is 7.04. The number of hydrogen-bond donors (Lipinski definition) is 1. The highest BCUT2D eigenvalue weighted by Gasteiger charge is 2.07. The summed E-state index contributed by atoms with van der Waals surface area (Å²) in [5.74, 6) is 3.07. The third-order valence-electron chi connectivity index (χ3n) is 3.50. The number of ether oxygens (including phenoxy) is 1. The van der Waals surface area contributed by atoms with Crippen molar-refractivity contribution >= 4 is 12.6 Å². The Kier molecular flexibility index (Phi) is 7.26. The van der Waals surface area contributed by atoms with Gasteiger partial charge in [0.2, 0.25) is 0 Å². The van der Waals surface area contributed by atoms with E-state index in [2.05, 4.69) is 57.7 Å². The highest BCUT2D eigenvalue weighted by molar-refractivity contribution is 7.80. The van der Waals surface area contributed by atoms with Crippen LogP contribution in [0.4, 0.5) is 0 Å². The fraction of sp³-hybridized carbons (Fsp3) is 0.625. The molecule has 0 aliphatic rings. The van der Waals surface area contributed by atoms with Crippen molar-refractivity contribution in [2.75, 3.05) is 12.4 Å². The molecule has 0 amide bonds. The van der Waals surface area contributed by atoms with Crippen molar-refractivity contribution in [3.63, 3.8) is 0 Å². The molecule has 2 heteroatoms. The van der Waals surface area contributed by atoms with E-state index in [1.54, 1.807) is 0 Å². The van der Waals surface area contributed by atoms with Crippen molar-refractivity contribution in [1.29, 1.82) is 0 Å². The highest BCUT2D eigenvalue weighted by atomic mass is 32.1. The molecule has 0 heterocycles. The smallest absolute Gasteiger partial charge is 0.119 e. The van der Waals surface area contributed by atoms with Crippen molar-refractivity contribution in [2.24, 2.45) is 5.92 Å². The minimum atomic E-state index is 0.563. The van der Waals surface area contributed by atoms with Crippen molar-refractivity contribution < 1.29 is 4.74 Å². The lowest BCUT2D eigenvalue weighted by molar-refractivity contribution is 0.254. The summed E-state index contributed by atoms with van der Waals surface area (Å²) >= 11 is 4.37. The van der Waals surface area contributed by atoms with Gasteiger partial charge in [0.15, 0.2) is 0 Å². The molecule has 1 rings (SSSR count). The summed E-state index contributed by atoms with van der Waals surface area (Å²) in [6, 6.07) is 8.53. The Morgan fingerprint density at radius 3 is 2.33 bits per heavy atom. The Morgan fingerprint density at radius 1 is 1.17 bits per heavy atom. The molecule has 2 unspecified atom stereocenters. The van der Waals surface area contributed by atoms with Gasteiger partial charge in [0.1, 0.15) is 5.75 Å². The average molecular weight is 266 g/mol. The maximum atomic E-state index is 5.83. The van der Waals surface area contributed by atoms with Gasteiger partial charge in [-0.3, -0.25) is 0 Å². The summed E-state index contributed by atoms with van der Waals surface area (Å²) in [7, 11) is 0. The predicted molar refractivity (Wildman–Crippen MR) is 82.9 cm³/mol. The summed E-state index contributed by atoms with van der Waals surface area (Å²) in [6.45, 7) is 7.46. The Labute approximate surface area is 117 Å². The van der Waals surface area contributed by atoms with Crippen molar-refractivity contribution in [3.8, 4) is 5.75 Å². The molecule has 18 heavy (non-hydrogen) atoms. The Bertz CT molecular complexity index is 320. The Hall–Kier alpha value is -0.630. The molecule has 0 N–H and O–H groups in total. The van der Waals surface area contributed by atoms with Gasteiger partial charge in [-0.05, 0) is 42.2 Å². The van der Waals surface area contributed by atoms with Crippen molar-refractivity contribution in [2.45, 2.75) is 46.0 Å². The Balaban J connectivity index is 2.48. The van der Waals surface area contributed by atoms with Crippen LogP contribution in [-0.2, 0) is 0 Å². The largest absolute Gasteiger partial charge is 0.493 e. The van der Waals surface area contributed by atoms with E-state index in [4.69, 9.17) is 4.74 Å². The lowest BCUT2D eigenvalue weighted by atomic mass is 9.99. The van der Waals surface area contributed by atoms with Crippen LogP contribution in [0.2, 0.25) is 0 Å². The minimum Gasteiger partial charge on any atom is -0.493 e. The first-order valence-corrected chi connectivity index (χ1v) is 7.68. The molecule has 0 fully saturated rings. The van der Waals surface area contributed by atoms with E-state index < -0.39 is 0 Å². The van der Waals surface area contributed by atoms with Gasteiger partial charge >= 0.3 is 0 Å². The molecule has 0 bridgehead atoms. The molecule has 2 atom stereocenters. The fourth-order valence-corrected chi connectivity index (χ4v) is 2.27. The van der Waals surface area contributed by atoms with E-state index in [0.29, 0.717) is 11.8 Å². The standard InChI is InChI=1S/C16H26OS/c1-4-6-14(12-18)11-17-16-9-7-15(8-10-16)13(3)5-2/h7-10,13-14,18H,4-6,11-12H2,1-3H3. The second-order valence-corrected chi connectivity index (χ2v) is 5.39. The van der Waals surface area contributed by atoms with E-state index in [1.165, 1.54) is 24.8 Å². The van der Waals surface area contributed by atoms with Crippen LogP contribution in [0, 0.1) is 5.92 Å². The minimum absolute atomic E-state index is 0.563. The Morgan fingerprint density at radius 2 is 1.83 bits per heavy atom. The molecule has 102 valence electrons. The SMILES string of the molecule is CCCC(CS)COc1ccc(C(C)CC)cc1. The summed E-state index contributed by atoms with van der Waals surface area (Å²) in [4.78, 5) is 0. The van der Waals surface area contributed by atoms with Gasteiger partial charge in [-0.25, -0.2) is 0 Å². The van der Waals surface area contributed by atoms with Crippen LogP contribution < -0.4 is 4.74 Å². The third-order valence-corrected chi connectivity index (χ3v) is 4.02. The zero-order valence-corrected chi connectivity index (χ0v) is 12.7. The van der Waals surface area contributed by atoms with Crippen molar-refractivity contribution in [3.05, 3.63) is 29.8 Å². The second kappa shape index (κ2) is 8.47. The fourth-order valence-electron chi connectivity index (χ4n) is 1.98. The van der Waals surface area contributed by atoms with Crippen LogP contribution >= 0.6 is 12.6 Å². The summed E-state index contributed by atoms with van der Waals surface area (Å²) < 4.78 is 5.83. The maximum absolute atomic E-state index is 5.83. The van der Waals surface area contributed by atoms with Gasteiger partial charge < -0.3 is 4.74 Å². The number of hydrogen-bond acceptors (Lipinski definition) is 2. The van der Waals surface area contributed by atoms with Crippen LogP contribution in [0.1, 0.15) is 51.5 Å². The summed E-state index contributed by atoms with van der Waals surface area (Å²) in [5, 5.41) is 0. The molecule has 1 aromatic carbocycles. The van der Waals surface area contributed by atoms with E-state index in [-0.39, 0.29) is 0 Å². The molecule has 0 saturated heterocycles. The van der Waals surface area contributed by atoms with Crippen LogP contribution in [-0.4, -0.2) is 12.4 Å². The first kappa shape index (κ1) is 15.4. The topological polar surface area (TPSA) is 9.23 Å². The predicted octanol–water partition coefficient (Wildman–Crippen LogP) is 4.93. The van der Waals surface area contributed by atoms with Crippen molar-refractivity contribution in [1.82, 2.24) is 0 Å². The molecule has 0 aliphatic heterocycles. The van der Waals surface area contributed by atoms with Gasteiger partial charge in [0.25, 0.3) is 0 Å². The van der Waals surface area contributed by atoms with E-state index in [9.17, 15) is 0 Å². The second-order valence-electron chi connectivity index (χ2n) is 5.03. The first-order chi connectivity index (χ1) is 8.71. The average Bonchev–Trinajstić information content (AvgIpc) is 2.43. The molecule has 0 spiro atoms. The lowest BCUT2D eigenvalue weighted by Gasteiger charge is -2.15. The highest BCUT2D eigenvalue weighted by Crippen LogP contribution is 2.22. The van der Waals surface area contributed by atoms with E-state index in [1.807, 2.05) is 0 Å². The molecule has 1 nitrogen and oxygen atoms in total. The molecular formula is C16H26OS. The van der Waals surface area contributed by atoms with E-state index >= 15 is 0 Å². The normalized spacial score (nSPS) is 14.2. The number of rotatable bonds is 8. The van der Waals surface area contributed by atoms with Gasteiger partial charge in [-0.1, -0.05) is 39.3 Å². The zero-order valence-electron chi connectivity index (χ0n) is 11.9. The van der Waals surface area contributed by atoms with Crippen LogP contribution in [0.15, 0.2) is 24.3 Å². The summed E-state index contributed by atoms with van der Waals surface area (Å²) in [5.41, 5.74) is 1.39. The van der Waals surface area contributed by atoms with Gasteiger partial charge in [-0.2, -0.15) is 12.6 Å². The lowest BCUT2D eigenvalue weighted by Crippen LogP contribution is -2.13. The van der Waals surface area contributed by atoms with Gasteiger partial charge in [0, 0.05) is 5.92 Å². The molecule has 1 aromatic rings. The molecular weight excluding hydrogens is 240 g/mol. The van der Waals surface area contributed by atoms with E-state index in [0.717, 1.165) is 18.1 Å². The molecule has 0 saturated carbocycles. The zero-order chi connectivity index (χ0) is 13.4. The van der Waals surface area contributed by atoms with Crippen LogP contribution in [0.5, 0.6) is 5.75 Å². The quantitative estimate of drug-likeness (QED) is 0.657. The van der Waals surface area contributed by atoms with Gasteiger partial charge in [0.05, 0.1) is 6.61 Å². The third kappa shape index (κ3) is 4.93. The van der Waals surface area contributed by atoms with Crippen LogP contribution in [0.3, 0.4) is 0 Å². The number of benzene rings is 1. The molecule has 0 aromatic heterocycles.